The third-order valence-electron chi connectivity index (χ3n) is 5.64. The van der Waals surface area contributed by atoms with Crippen molar-refractivity contribution in [3.8, 4) is 5.75 Å². The van der Waals surface area contributed by atoms with Crippen LogP contribution < -0.4 is 10.1 Å². The topological polar surface area (TPSA) is 21.3 Å². The van der Waals surface area contributed by atoms with Crippen LogP contribution in [0.3, 0.4) is 0 Å². The van der Waals surface area contributed by atoms with Crippen molar-refractivity contribution in [3.63, 3.8) is 0 Å². The van der Waals surface area contributed by atoms with E-state index in [0.717, 1.165) is 11.7 Å². The van der Waals surface area contributed by atoms with Crippen molar-refractivity contribution in [2.75, 3.05) is 7.11 Å². The summed E-state index contributed by atoms with van der Waals surface area (Å²) < 4.78 is 5.43. The van der Waals surface area contributed by atoms with Gasteiger partial charge in [-0.25, -0.2) is 0 Å². The Balaban J connectivity index is 1.95. The summed E-state index contributed by atoms with van der Waals surface area (Å²) in [7, 11) is 1.77. The van der Waals surface area contributed by atoms with E-state index in [-0.39, 0.29) is 0 Å². The van der Waals surface area contributed by atoms with Crippen molar-refractivity contribution >= 4 is 0 Å². The summed E-state index contributed by atoms with van der Waals surface area (Å²) >= 11 is 0. The molecular weight excluding hydrogens is 246 g/mol. The van der Waals surface area contributed by atoms with Gasteiger partial charge < -0.3 is 10.1 Å². The normalized spacial score (nSPS) is 33.4. The maximum atomic E-state index is 5.43. The predicted molar refractivity (Wildman–Crippen MR) is 83.4 cm³/mol. The third-order valence-corrected chi connectivity index (χ3v) is 5.64. The summed E-state index contributed by atoms with van der Waals surface area (Å²) in [5.74, 6) is 3.15. The highest BCUT2D eigenvalue weighted by molar-refractivity contribution is 5.41. The van der Waals surface area contributed by atoms with Gasteiger partial charge >= 0.3 is 0 Å². The molecule has 1 aliphatic carbocycles. The Hall–Kier alpha value is -1.02. The Kier molecular flexibility index (Phi) is 3.76. The minimum Gasteiger partial charge on any atom is -0.497 e. The molecule has 1 fully saturated rings. The molecule has 20 heavy (non-hydrogen) atoms. The van der Waals surface area contributed by atoms with Gasteiger partial charge in [-0.05, 0) is 53.9 Å². The number of ether oxygens (including phenoxy) is 1. The van der Waals surface area contributed by atoms with Gasteiger partial charge in [0, 0.05) is 12.1 Å². The van der Waals surface area contributed by atoms with Crippen LogP contribution in [0.1, 0.15) is 50.7 Å². The molecule has 1 N–H and O–H groups in total. The molecule has 0 radical (unpaired) electrons. The molecular formula is C18H27NO. The number of piperidine rings is 1. The molecule has 0 aromatic heterocycles. The van der Waals surface area contributed by atoms with Crippen LogP contribution in [0.25, 0.3) is 0 Å². The fourth-order valence-corrected chi connectivity index (χ4v) is 4.25. The van der Waals surface area contributed by atoms with Crippen LogP contribution >= 0.6 is 0 Å². The first-order valence-corrected chi connectivity index (χ1v) is 8.06. The minimum atomic E-state index is 0.656. The fraction of sp³-hybridized carbons (Fsp3) is 0.667. The Bertz CT molecular complexity index is 484. The number of methoxy groups -OCH3 is 1. The minimum absolute atomic E-state index is 0.656. The molecule has 1 heterocycles. The molecule has 3 rings (SSSR count). The highest BCUT2D eigenvalue weighted by Gasteiger charge is 2.41. The van der Waals surface area contributed by atoms with Gasteiger partial charge in [0.1, 0.15) is 5.75 Å². The van der Waals surface area contributed by atoms with Crippen LogP contribution in [0.2, 0.25) is 0 Å². The zero-order valence-electron chi connectivity index (χ0n) is 13.1. The number of benzene rings is 1. The zero-order valence-corrected chi connectivity index (χ0v) is 13.1. The number of nitrogens with one attached hydrogen (secondary N) is 1. The summed E-state index contributed by atoms with van der Waals surface area (Å²) in [5.41, 5.74) is 3.07. The molecule has 2 aliphatic rings. The molecule has 1 aromatic rings. The first-order valence-electron chi connectivity index (χ1n) is 8.06. The molecule has 5 atom stereocenters. The fourth-order valence-electron chi connectivity index (χ4n) is 4.25. The van der Waals surface area contributed by atoms with E-state index in [1.54, 1.807) is 12.7 Å². The Morgan fingerprint density at radius 1 is 1.40 bits per heavy atom. The van der Waals surface area contributed by atoms with E-state index in [4.69, 9.17) is 4.74 Å². The van der Waals surface area contributed by atoms with E-state index in [1.165, 1.54) is 24.8 Å². The van der Waals surface area contributed by atoms with Gasteiger partial charge in [-0.2, -0.15) is 0 Å². The van der Waals surface area contributed by atoms with Gasteiger partial charge in [-0.3, -0.25) is 0 Å². The van der Waals surface area contributed by atoms with E-state index < -0.39 is 0 Å². The number of rotatable bonds is 3. The van der Waals surface area contributed by atoms with E-state index in [2.05, 4.69) is 44.3 Å². The lowest BCUT2D eigenvalue weighted by molar-refractivity contribution is 0.152. The lowest BCUT2D eigenvalue weighted by Gasteiger charge is -2.48. The summed E-state index contributed by atoms with van der Waals surface area (Å²) in [5, 5.41) is 3.92. The molecule has 1 aliphatic heterocycles. The maximum absolute atomic E-state index is 5.43. The van der Waals surface area contributed by atoms with Crippen molar-refractivity contribution in [2.24, 2.45) is 11.8 Å². The average molecular weight is 273 g/mol. The van der Waals surface area contributed by atoms with Crippen LogP contribution in [0, 0.1) is 11.8 Å². The first kappa shape index (κ1) is 13.9. The van der Waals surface area contributed by atoms with Gasteiger partial charge in [0.25, 0.3) is 0 Å². The van der Waals surface area contributed by atoms with Crippen molar-refractivity contribution < 1.29 is 4.74 Å². The second-order valence-electron chi connectivity index (χ2n) is 6.75. The van der Waals surface area contributed by atoms with Gasteiger partial charge in [0.15, 0.2) is 0 Å². The monoisotopic (exact) mass is 273 g/mol. The molecule has 0 amide bonds. The van der Waals surface area contributed by atoms with E-state index >= 15 is 0 Å². The number of fused-ring (bicyclic) bond motifs is 4. The average Bonchev–Trinajstić information content (AvgIpc) is 2.49. The van der Waals surface area contributed by atoms with Crippen LogP contribution in [-0.2, 0) is 6.42 Å². The summed E-state index contributed by atoms with van der Waals surface area (Å²) in [6.07, 6.45) is 3.72. The van der Waals surface area contributed by atoms with Crippen molar-refractivity contribution in [2.45, 2.75) is 58.0 Å². The summed E-state index contributed by atoms with van der Waals surface area (Å²) in [6.45, 7) is 7.13. The Morgan fingerprint density at radius 3 is 2.90 bits per heavy atom. The third kappa shape index (κ3) is 2.24. The van der Waals surface area contributed by atoms with E-state index in [9.17, 15) is 0 Å². The smallest absolute Gasteiger partial charge is 0.119 e. The molecule has 2 heteroatoms. The van der Waals surface area contributed by atoms with Crippen molar-refractivity contribution in [1.82, 2.24) is 5.32 Å². The van der Waals surface area contributed by atoms with E-state index in [1.807, 2.05) is 0 Å². The zero-order chi connectivity index (χ0) is 14.3. The van der Waals surface area contributed by atoms with Crippen LogP contribution in [0.15, 0.2) is 18.2 Å². The molecule has 2 bridgehead atoms. The SMILES string of the molecule is CCC(C)C1N[C@@H]2Cc3ccc(OC)cc3[C@@H](C2)[C@@H]1C. The van der Waals surface area contributed by atoms with Crippen LogP contribution in [-0.4, -0.2) is 19.2 Å². The Labute approximate surface area is 122 Å². The maximum Gasteiger partial charge on any atom is 0.119 e. The lowest BCUT2D eigenvalue weighted by atomic mass is 9.66. The Morgan fingerprint density at radius 2 is 2.20 bits per heavy atom. The highest BCUT2D eigenvalue weighted by atomic mass is 16.5. The van der Waals surface area contributed by atoms with Crippen molar-refractivity contribution in [3.05, 3.63) is 29.3 Å². The molecule has 2 unspecified atom stereocenters. The molecule has 1 aromatic carbocycles. The highest BCUT2D eigenvalue weighted by Crippen LogP contribution is 2.44. The first-order chi connectivity index (χ1) is 9.63. The number of hydrogen-bond donors (Lipinski definition) is 1. The van der Waals surface area contributed by atoms with Gasteiger partial charge in [0.2, 0.25) is 0 Å². The van der Waals surface area contributed by atoms with Gasteiger partial charge in [-0.1, -0.05) is 33.3 Å². The molecule has 110 valence electrons. The predicted octanol–water partition coefficient (Wildman–Crippen LogP) is 3.75. The van der Waals surface area contributed by atoms with E-state index in [0.29, 0.717) is 23.9 Å². The van der Waals surface area contributed by atoms with Gasteiger partial charge in [0.05, 0.1) is 7.11 Å². The van der Waals surface area contributed by atoms with Gasteiger partial charge in [-0.15, -0.1) is 0 Å². The molecule has 0 spiro atoms. The molecule has 0 saturated carbocycles. The number of hydrogen-bond acceptors (Lipinski definition) is 2. The summed E-state index contributed by atoms with van der Waals surface area (Å²) in [6, 6.07) is 7.98. The molecule has 2 nitrogen and oxygen atoms in total. The van der Waals surface area contributed by atoms with Crippen molar-refractivity contribution in [1.29, 1.82) is 0 Å². The second kappa shape index (κ2) is 5.40. The second-order valence-corrected chi connectivity index (χ2v) is 6.75. The van der Waals surface area contributed by atoms with Crippen LogP contribution in [0.4, 0.5) is 0 Å². The standard InChI is InChI=1S/C18H27NO/c1-5-11(2)18-12(3)16-9-14(19-18)8-13-6-7-15(20-4)10-17(13)16/h6-7,10-12,14,16,18-19H,5,8-9H2,1-4H3/t11?,12-,14+,16-,18?/m0/s1. The lowest BCUT2D eigenvalue weighted by Crippen LogP contribution is -2.55. The van der Waals surface area contributed by atoms with Crippen LogP contribution in [0.5, 0.6) is 5.75 Å². The molecule has 1 saturated heterocycles. The quantitative estimate of drug-likeness (QED) is 0.905. The largest absolute Gasteiger partial charge is 0.497 e. The summed E-state index contributed by atoms with van der Waals surface area (Å²) in [4.78, 5) is 0.